The van der Waals surface area contributed by atoms with Gasteiger partial charge in [0.2, 0.25) is 5.91 Å². The van der Waals surface area contributed by atoms with Gasteiger partial charge in [0.25, 0.3) is 0 Å². The molecular formula is C17H25ClN2O. The van der Waals surface area contributed by atoms with Crippen molar-refractivity contribution in [3.8, 4) is 0 Å². The number of fused-ring (bicyclic) bond motifs is 2. The number of halogens is 1. The molecule has 0 aromatic heterocycles. The molecule has 4 heteroatoms. The smallest absolute Gasteiger partial charge is 0.225 e. The van der Waals surface area contributed by atoms with Crippen LogP contribution in [0.4, 0.5) is 0 Å². The third-order valence-electron chi connectivity index (χ3n) is 5.22. The zero-order valence-corrected chi connectivity index (χ0v) is 13.5. The third-order valence-corrected chi connectivity index (χ3v) is 5.22. The Kier molecular flexibility index (Phi) is 4.95. The molecule has 2 saturated carbocycles. The fourth-order valence-electron chi connectivity index (χ4n) is 3.97. The van der Waals surface area contributed by atoms with E-state index in [-0.39, 0.29) is 36.3 Å². The van der Waals surface area contributed by atoms with Crippen LogP contribution in [0.25, 0.3) is 0 Å². The predicted octanol–water partition coefficient (Wildman–Crippen LogP) is 2.97. The molecule has 0 aliphatic heterocycles. The van der Waals surface area contributed by atoms with Gasteiger partial charge in [-0.15, -0.1) is 12.4 Å². The van der Waals surface area contributed by atoms with Gasteiger partial charge in [-0.1, -0.05) is 29.8 Å². The second-order valence-electron chi connectivity index (χ2n) is 6.58. The zero-order valence-electron chi connectivity index (χ0n) is 12.7. The van der Waals surface area contributed by atoms with Crippen molar-refractivity contribution in [2.45, 2.75) is 45.2 Å². The molecule has 3 rings (SSSR count). The van der Waals surface area contributed by atoms with Gasteiger partial charge in [0.05, 0.1) is 12.0 Å². The summed E-state index contributed by atoms with van der Waals surface area (Å²) in [6.45, 7) is 4.11. The Balaban J connectivity index is 0.00000161. The van der Waals surface area contributed by atoms with E-state index in [0.29, 0.717) is 11.8 Å². The van der Waals surface area contributed by atoms with Crippen LogP contribution in [0.5, 0.6) is 0 Å². The number of carbonyl (C=O) groups is 1. The normalized spacial score (nSPS) is 31.6. The Bertz CT molecular complexity index is 500. The second kappa shape index (κ2) is 6.37. The molecule has 0 saturated heterocycles. The molecule has 5 atom stereocenters. The van der Waals surface area contributed by atoms with Crippen LogP contribution >= 0.6 is 12.4 Å². The molecule has 2 aliphatic rings. The summed E-state index contributed by atoms with van der Waals surface area (Å²) in [4.78, 5) is 12.5. The highest BCUT2D eigenvalue weighted by molar-refractivity contribution is 5.85. The van der Waals surface area contributed by atoms with Gasteiger partial charge in [-0.05, 0) is 50.5 Å². The van der Waals surface area contributed by atoms with Crippen LogP contribution in [0, 0.1) is 24.7 Å². The molecule has 2 aliphatic carbocycles. The SMILES string of the molecule is Cc1ccc(C(C)NC(=O)C2C3CCC(C3)C2N)cc1.Cl. The van der Waals surface area contributed by atoms with Crippen LogP contribution in [-0.2, 0) is 4.79 Å². The summed E-state index contributed by atoms with van der Waals surface area (Å²) in [5.41, 5.74) is 8.63. The predicted molar refractivity (Wildman–Crippen MR) is 87.3 cm³/mol. The lowest BCUT2D eigenvalue weighted by Crippen LogP contribution is -2.45. The highest BCUT2D eigenvalue weighted by Crippen LogP contribution is 2.47. The maximum Gasteiger partial charge on any atom is 0.225 e. The van der Waals surface area contributed by atoms with Crippen LogP contribution in [0.3, 0.4) is 0 Å². The minimum atomic E-state index is 0. The second-order valence-corrected chi connectivity index (χ2v) is 6.58. The van der Waals surface area contributed by atoms with Gasteiger partial charge in [-0.25, -0.2) is 0 Å². The number of hydrogen-bond donors (Lipinski definition) is 2. The molecule has 0 radical (unpaired) electrons. The highest BCUT2D eigenvalue weighted by Gasteiger charge is 2.49. The molecule has 1 aromatic carbocycles. The van der Waals surface area contributed by atoms with E-state index in [4.69, 9.17) is 5.73 Å². The summed E-state index contributed by atoms with van der Waals surface area (Å²) >= 11 is 0. The van der Waals surface area contributed by atoms with Gasteiger partial charge >= 0.3 is 0 Å². The Labute approximate surface area is 133 Å². The molecule has 3 N–H and O–H groups in total. The Morgan fingerprint density at radius 1 is 1.24 bits per heavy atom. The lowest BCUT2D eigenvalue weighted by molar-refractivity contribution is -0.127. The van der Waals surface area contributed by atoms with Gasteiger partial charge in [0, 0.05) is 6.04 Å². The standard InChI is InChI=1S/C17H24N2O.ClH/c1-10-3-5-12(6-4-10)11(2)19-17(20)15-13-7-8-14(9-13)16(15)18;/h3-6,11,13-16H,7-9,18H2,1-2H3,(H,19,20);1H. The van der Waals surface area contributed by atoms with Gasteiger partial charge in [0.15, 0.2) is 0 Å². The number of carbonyl (C=O) groups excluding carboxylic acids is 1. The summed E-state index contributed by atoms with van der Waals surface area (Å²) in [5, 5.41) is 3.15. The van der Waals surface area contributed by atoms with E-state index in [1.807, 2.05) is 6.92 Å². The number of benzene rings is 1. The first-order chi connectivity index (χ1) is 9.56. The van der Waals surface area contributed by atoms with Gasteiger partial charge in [0.1, 0.15) is 0 Å². The molecule has 1 amide bonds. The first kappa shape index (κ1) is 16.3. The van der Waals surface area contributed by atoms with E-state index < -0.39 is 0 Å². The maximum absolute atomic E-state index is 12.5. The number of hydrogen-bond acceptors (Lipinski definition) is 2. The summed E-state index contributed by atoms with van der Waals surface area (Å²) in [6.07, 6.45) is 3.54. The number of nitrogens with two attached hydrogens (primary N) is 1. The van der Waals surface area contributed by atoms with Crippen LogP contribution in [0.1, 0.15) is 43.4 Å². The average Bonchev–Trinajstić information content (AvgIpc) is 2.99. The number of aryl methyl sites for hydroxylation is 1. The van der Waals surface area contributed by atoms with Crippen molar-refractivity contribution in [1.29, 1.82) is 0 Å². The first-order valence-electron chi connectivity index (χ1n) is 7.69. The molecule has 0 heterocycles. The van der Waals surface area contributed by atoms with Gasteiger partial charge in [-0.3, -0.25) is 4.79 Å². The van der Waals surface area contributed by atoms with Crippen molar-refractivity contribution in [2.24, 2.45) is 23.5 Å². The van der Waals surface area contributed by atoms with Crippen molar-refractivity contribution in [2.75, 3.05) is 0 Å². The summed E-state index contributed by atoms with van der Waals surface area (Å²) in [5.74, 6) is 1.27. The topological polar surface area (TPSA) is 55.1 Å². The molecule has 21 heavy (non-hydrogen) atoms. The minimum Gasteiger partial charge on any atom is -0.349 e. The van der Waals surface area contributed by atoms with E-state index in [1.165, 1.54) is 18.4 Å². The number of rotatable bonds is 3. The van der Waals surface area contributed by atoms with E-state index in [1.54, 1.807) is 0 Å². The van der Waals surface area contributed by atoms with Crippen LogP contribution in [0.2, 0.25) is 0 Å². The number of nitrogens with one attached hydrogen (secondary N) is 1. The maximum atomic E-state index is 12.5. The van der Waals surface area contributed by atoms with Crippen molar-refractivity contribution in [1.82, 2.24) is 5.32 Å². The first-order valence-corrected chi connectivity index (χ1v) is 7.69. The highest BCUT2D eigenvalue weighted by atomic mass is 35.5. The molecule has 3 nitrogen and oxygen atoms in total. The van der Waals surface area contributed by atoms with Crippen molar-refractivity contribution >= 4 is 18.3 Å². The fourth-order valence-corrected chi connectivity index (χ4v) is 3.97. The van der Waals surface area contributed by atoms with Gasteiger partial charge < -0.3 is 11.1 Å². The average molecular weight is 309 g/mol. The molecular weight excluding hydrogens is 284 g/mol. The van der Waals surface area contributed by atoms with Gasteiger partial charge in [-0.2, -0.15) is 0 Å². The largest absolute Gasteiger partial charge is 0.349 e. The lowest BCUT2D eigenvalue weighted by Gasteiger charge is -2.28. The Morgan fingerprint density at radius 2 is 1.86 bits per heavy atom. The molecule has 2 fully saturated rings. The molecule has 5 unspecified atom stereocenters. The monoisotopic (exact) mass is 308 g/mol. The van der Waals surface area contributed by atoms with E-state index >= 15 is 0 Å². The Morgan fingerprint density at radius 3 is 2.43 bits per heavy atom. The summed E-state index contributed by atoms with van der Waals surface area (Å²) in [6, 6.07) is 8.46. The minimum absolute atomic E-state index is 0. The van der Waals surface area contributed by atoms with Crippen LogP contribution in [0.15, 0.2) is 24.3 Å². The summed E-state index contributed by atoms with van der Waals surface area (Å²) in [7, 11) is 0. The molecule has 1 aromatic rings. The van der Waals surface area contributed by atoms with E-state index in [2.05, 4.69) is 36.5 Å². The molecule has 116 valence electrons. The molecule has 2 bridgehead atoms. The van der Waals surface area contributed by atoms with Crippen molar-refractivity contribution in [3.63, 3.8) is 0 Å². The van der Waals surface area contributed by atoms with Crippen LogP contribution < -0.4 is 11.1 Å². The quantitative estimate of drug-likeness (QED) is 0.902. The Hall–Kier alpha value is -1.06. The number of amides is 1. The van der Waals surface area contributed by atoms with Crippen molar-refractivity contribution < 1.29 is 4.79 Å². The zero-order chi connectivity index (χ0) is 14.3. The van der Waals surface area contributed by atoms with Crippen molar-refractivity contribution in [3.05, 3.63) is 35.4 Å². The van der Waals surface area contributed by atoms with Crippen LogP contribution in [-0.4, -0.2) is 11.9 Å². The summed E-state index contributed by atoms with van der Waals surface area (Å²) < 4.78 is 0. The fraction of sp³-hybridized carbons (Fsp3) is 0.588. The lowest BCUT2D eigenvalue weighted by atomic mass is 9.84. The van der Waals surface area contributed by atoms with E-state index in [9.17, 15) is 4.79 Å². The van der Waals surface area contributed by atoms with E-state index in [0.717, 1.165) is 12.0 Å². The third kappa shape index (κ3) is 3.09. The molecule has 0 spiro atoms.